The van der Waals surface area contributed by atoms with Crippen LogP contribution in [0.4, 0.5) is 8.78 Å². The molecule has 138 valence electrons. The highest BCUT2D eigenvalue weighted by molar-refractivity contribution is 7.98. The summed E-state index contributed by atoms with van der Waals surface area (Å²) >= 11 is 1.41. The minimum absolute atomic E-state index is 0.0679. The molecule has 0 aliphatic heterocycles. The molecule has 4 rings (SSSR count). The molecule has 0 aliphatic carbocycles. The molecule has 0 unspecified atom stereocenters. The highest BCUT2D eigenvalue weighted by Crippen LogP contribution is 2.26. The average molecular weight is 388 g/mol. The quantitative estimate of drug-likeness (QED) is 0.403. The maximum absolute atomic E-state index is 12.2. The molecule has 2 N–H and O–H groups in total. The zero-order chi connectivity index (χ0) is 18.8. The van der Waals surface area contributed by atoms with Gasteiger partial charge in [0, 0.05) is 23.7 Å². The van der Waals surface area contributed by atoms with Crippen LogP contribution in [0, 0.1) is 0 Å². The number of alkyl halides is 2. The third-order valence-electron chi connectivity index (χ3n) is 3.77. The topological polar surface area (TPSA) is 83.3 Å². The minimum atomic E-state index is -2.86. The van der Waals surface area contributed by atoms with Crippen LogP contribution in [-0.4, -0.2) is 30.9 Å². The number of nitrogen functional groups attached to an aromatic ring is 1. The second kappa shape index (κ2) is 7.23. The van der Waals surface area contributed by atoms with E-state index < -0.39 is 6.61 Å². The second-order valence-electron chi connectivity index (χ2n) is 5.57. The number of aromatic nitrogens is 5. The van der Waals surface area contributed by atoms with Crippen LogP contribution < -0.4 is 10.6 Å². The van der Waals surface area contributed by atoms with Crippen LogP contribution in [0.2, 0.25) is 0 Å². The molecule has 0 saturated heterocycles. The lowest BCUT2D eigenvalue weighted by Gasteiger charge is -2.06. The smallest absolute Gasteiger partial charge is 0.387 e. The van der Waals surface area contributed by atoms with Crippen LogP contribution in [0.1, 0.15) is 5.69 Å². The van der Waals surface area contributed by atoms with Gasteiger partial charge in [-0.25, -0.2) is 9.66 Å². The summed E-state index contributed by atoms with van der Waals surface area (Å²) in [6.45, 7) is -2.86. The Morgan fingerprint density at radius 3 is 2.67 bits per heavy atom. The Morgan fingerprint density at radius 2 is 1.93 bits per heavy atom. The number of fused-ring (bicyclic) bond motifs is 1. The van der Waals surface area contributed by atoms with Crippen molar-refractivity contribution in [1.82, 2.24) is 24.3 Å². The molecule has 0 spiro atoms. The molecule has 3 heterocycles. The first-order valence-corrected chi connectivity index (χ1v) is 8.90. The average Bonchev–Trinajstić information content (AvgIpc) is 3.23. The van der Waals surface area contributed by atoms with Crippen LogP contribution in [0.3, 0.4) is 0 Å². The Balaban J connectivity index is 1.48. The van der Waals surface area contributed by atoms with Crippen molar-refractivity contribution in [2.75, 3.05) is 5.84 Å². The minimum Gasteiger partial charge on any atom is -0.435 e. The van der Waals surface area contributed by atoms with E-state index in [2.05, 4.69) is 19.9 Å². The molecule has 0 radical (unpaired) electrons. The molecule has 1 aromatic carbocycles. The van der Waals surface area contributed by atoms with Gasteiger partial charge in [-0.1, -0.05) is 17.8 Å². The van der Waals surface area contributed by atoms with E-state index in [9.17, 15) is 8.78 Å². The predicted octanol–water partition coefficient (Wildman–Crippen LogP) is 3.20. The highest BCUT2D eigenvalue weighted by Gasteiger charge is 2.14. The van der Waals surface area contributed by atoms with E-state index >= 15 is 0 Å². The third-order valence-corrected chi connectivity index (χ3v) is 4.74. The number of nitrogens with two attached hydrogens (primary N) is 1. The van der Waals surface area contributed by atoms with Crippen molar-refractivity contribution in [3.8, 4) is 17.1 Å². The molecule has 0 aliphatic rings. The summed E-state index contributed by atoms with van der Waals surface area (Å²) in [6, 6.07) is 11.9. The van der Waals surface area contributed by atoms with E-state index in [0.717, 1.165) is 11.3 Å². The van der Waals surface area contributed by atoms with Gasteiger partial charge in [-0.3, -0.25) is 0 Å². The van der Waals surface area contributed by atoms with Crippen LogP contribution in [0.25, 0.3) is 17.0 Å². The van der Waals surface area contributed by atoms with E-state index in [-0.39, 0.29) is 5.75 Å². The van der Waals surface area contributed by atoms with Gasteiger partial charge in [0.2, 0.25) is 5.16 Å². The van der Waals surface area contributed by atoms with Gasteiger partial charge >= 0.3 is 6.61 Å². The third kappa shape index (κ3) is 3.70. The summed E-state index contributed by atoms with van der Waals surface area (Å²) in [5.74, 6) is 7.16. The SMILES string of the molecule is Nn1c(SCc2cn3ccccc3n2)nnc1-c1ccc(OC(F)F)cc1. The Morgan fingerprint density at radius 1 is 1.11 bits per heavy atom. The molecule has 10 heteroatoms. The van der Waals surface area contributed by atoms with Crippen LogP contribution >= 0.6 is 11.8 Å². The second-order valence-corrected chi connectivity index (χ2v) is 6.51. The molecule has 4 aromatic rings. The van der Waals surface area contributed by atoms with Gasteiger partial charge in [0.15, 0.2) is 5.82 Å². The lowest BCUT2D eigenvalue weighted by Crippen LogP contribution is -2.11. The largest absolute Gasteiger partial charge is 0.435 e. The summed E-state index contributed by atoms with van der Waals surface area (Å²) in [6.07, 6.45) is 3.88. The lowest BCUT2D eigenvalue weighted by molar-refractivity contribution is -0.0498. The van der Waals surface area contributed by atoms with E-state index in [1.807, 2.05) is 35.0 Å². The first kappa shape index (κ1) is 17.3. The van der Waals surface area contributed by atoms with E-state index in [1.54, 1.807) is 12.1 Å². The van der Waals surface area contributed by atoms with Crippen LogP contribution in [0.15, 0.2) is 60.0 Å². The summed E-state index contributed by atoms with van der Waals surface area (Å²) in [5, 5.41) is 8.70. The first-order valence-electron chi connectivity index (χ1n) is 7.91. The number of benzene rings is 1. The Labute approximate surface area is 156 Å². The van der Waals surface area contributed by atoms with Crippen LogP contribution in [-0.2, 0) is 5.75 Å². The standard InChI is InChI=1S/C17H14F2N6OS/c18-16(19)26-13-6-4-11(5-7-13)15-22-23-17(25(15)20)27-10-12-9-24-8-2-1-3-14(24)21-12/h1-9,16H,10,20H2. The van der Waals surface area contributed by atoms with Crippen molar-refractivity contribution in [2.24, 2.45) is 0 Å². The van der Waals surface area contributed by atoms with Gasteiger partial charge < -0.3 is 15.0 Å². The summed E-state index contributed by atoms with van der Waals surface area (Å²) < 4.78 is 32.1. The Kier molecular flexibility index (Phi) is 4.63. The van der Waals surface area contributed by atoms with Crippen LogP contribution in [0.5, 0.6) is 5.75 Å². The number of ether oxygens (including phenoxy) is 1. The fraction of sp³-hybridized carbons (Fsp3) is 0.118. The van der Waals surface area contributed by atoms with Gasteiger partial charge in [0.1, 0.15) is 11.4 Å². The number of thioether (sulfide) groups is 1. The summed E-state index contributed by atoms with van der Waals surface area (Å²) in [5.41, 5.74) is 2.41. The molecule has 27 heavy (non-hydrogen) atoms. The van der Waals surface area contributed by atoms with Crippen molar-refractivity contribution in [3.63, 3.8) is 0 Å². The van der Waals surface area contributed by atoms with Crippen molar-refractivity contribution in [3.05, 3.63) is 60.6 Å². The highest BCUT2D eigenvalue weighted by atomic mass is 32.2. The number of hydrogen-bond donors (Lipinski definition) is 1. The molecular formula is C17H14F2N6OS. The molecule has 0 saturated carbocycles. The molecule has 0 bridgehead atoms. The number of pyridine rings is 1. The Hall–Kier alpha value is -3.14. The lowest BCUT2D eigenvalue weighted by atomic mass is 10.2. The first-order chi connectivity index (χ1) is 13.1. The molecule has 3 aromatic heterocycles. The number of nitrogens with zero attached hydrogens (tertiary/aromatic N) is 5. The van der Waals surface area contributed by atoms with E-state index in [1.165, 1.54) is 28.6 Å². The van der Waals surface area contributed by atoms with Crippen molar-refractivity contribution < 1.29 is 13.5 Å². The molecule has 0 fully saturated rings. The van der Waals surface area contributed by atoms with Gasteiger partial charge in [0.05, 0.1) is 5.69 Å². The van der Waals surface area contributed by atoms with Gasteiger partial charge in [-0.15, -0.1) is 10.2 Å². The van der Waals surface area contributed by atoms with Crippen molar-refractivity contribution in [1.29, 1.82) is 0 Å². The normalized spacial score (nSPS) is 11.4. The molecule has 0 atom stereocenters. The number of hydrogen-bond acceptors (Lipinski definition) is 6. The zero-order valence-electron chi connectivity index (χ0n) is 13.9. The predicted molar refractivity (Wildman–Crippen MR) is 97.0 cm³/mol. The fourth-order valence-corrected chi connectivity index (χ4v) is 3.29. The number of rotatable bonds is 6. The maximum Gasteiger partial charge on any atom is 0.387 e. The van der Waals surface area contributed by atoms with Gasteiger partial charge in [0.25, 0.3) is 0 Å². The van der Waals surface area contributed by atoms with Crippen molar-refractivity contribution >= 4 is 17.4 Å². The summed E-state index contributed by atoms with van der Waals surface area (Å²) in [4.78, 5) is 4.52. The zero-order valence-corrected chi connectivity index (χ0v) is 14.7. The molecule has 7 nitrogen and oxygen atoms in total. The number of halogens is 2. The van der Waals surface area contributed by atoms with E-state index in [0.29, 0.717) is 22.3 Å². The molecular weight excluding hydrogens is 374 g/mol. The number of imidazole rings is 1. The summed E-state index contributed by atoms with van der Waals surface area (Å²) in [7, 11) is 0. The monoisotopic (exact) mass is 388 g/mol. The molecule has 0 amide bonds. The van der Waals surface area contributed by atoms with Gasteiger partial charge in [-0.05, 0) is 36.4 Å². The fourth-order valence-electron chi connectivity index (χ4n) is 2.55. The Bertz CT molecular complexity index is 1030. The van der Waals surface area contributed by atoms with E-state index in [4.69, 9.17) is 5.84 Å². The maximum atomic E-state index is 12.2. The van der Waals surface area contributed by atoms with Gasteiger partial charge in [-0.2, -0.15) is 8.78 Å². The van der Waals surface area contributed by atoms with Crippen molar-refractivity contribution in [2.45, 2.75) is 17.5 Å².